The van der Waals surface area contributed by atoms with Crippen LogP contribution in [0.5, 0.6) is 0 Å². The zero-order valence-electron chi connectivity index (χ0n) is 10.8. The summed E-state index contributed by atoms with van der Waals surface area (Å²) in [6.07, 6.45) is 2.34. The number of rotatable bonds is 4. The van der Waals surface area contributed by atoms with Crippen LogP contribution in [-0.2, 0) is 0 Å². The monoisotopic (exact) mass is 236 g/mol. The lowest BCUT2D eigenvalue weighted by Crippen LogP contribution is -2.33. The maximum Gasteiger partial charge on any atom is 0.126 e. The number of hydrogen-bond donors (Lipinski definition) is 1. The van der Waals surface area contributed by atoms with Crippen molar-refractivity contribution >= 4 is 0 Å². The van der Waals surface area contributed by atoms with Gasteiger partial charge >= 0.3 is 0 Å². The lowest BCUT2D eigenvalue weighted by atomic mass is 9.88. The van der Waals surface area contributed by atoms with E-state index < -0.39 is 0 Å². The summed E-state index contributed by atoms with van der Waals surface area (Å²) in [5.41, 5.74) is 8.00. The first-order chi connectivity index (χ1) is 8.00. The van der Waals surface area contributed by atoms with Crippen LogP contribution in [0, 0.1) is 18.2 Å². The van der Waals surface area contributed by atoms with Crippen LogP contribution in [-0.4, -0.2) is 25.5 Å². The fourth-order valence-electron chi connectivity index (χ4n) is 2.79. The third kappa shape index (κ3) is 2.22. The second kappa shape index (κ2) is 4.39. The largest absolute Gasteiger partial charge is 0.330 e. The minimum Gasteiger partial charge on any atom is -0.330 e. The van der Waals surface area contributed by atoms with E-state index in [9.17, 15) is 4.39 Å². The first-order valence-corrected chi connectivity index (χ1v) is 6.13. The van der Waals surface area contributed by atoms with Crippen LogP contribution < -0.4 is 5.73 Å². The van der Waals surface area contributed by atoms with Crippen molar-refractivity contribution in [3.05, 3.63) is 35.1 Å². The van der Waals surface area contributed by atoms with Crippen LogP contribution in [0.2, 0.25) is 0 Å². The highest BCUT2D eigenvalue weighted by atomic mass is 19.1. The molecule has 1 aromatic rings. The zero-order chi connectivity index (χ0) is 12.6. The minimum absolute atomic E-state index is 0.135. The molecule has 0 bridgehead atoms. The van der Waals surface area contributed by atoms with Gasteiger partial charge in [-0.2, -0.15) is 0 Å². The van der Waals surface area contributed by atoms with Gasteiger partial charge in [0.25, 0.3) is 0 Å². The molecule has 0 spiro atoms. The fraction of sp³-hybridized carbons (Fsp3) is 0.571. The minimum atomic E-state index is -0.135. The molecule has 17 heavy (non-hydrogen) atoms. The van der Waals surface area contributed by atoms with Gasteiger partial charge in [-0.1, -0.05) is 12.1 Å². The first-order valence-electron chi connectivity index (χ1n) is 6.13. The maximum absolute atomic E-state index is 13.3. The summed E-state index contributed by atoms with van der Waals surface area (Å²) in [6, 6.07) is 5.71. The molecule has 1 aliphatic rings. The molecule has 2 nitrogen and oxygen atoms in total. The summed E-state index contributed by atoms with van der Waals surface area (Å²) >= 11 is 0. The lowest BCUT2D eigenvalue weighted by molar-refractivity contribution is 0.198. The van der Waals surface area contributed by atoms with Crippen molar-refractivity contribution in [3.8, 4) is 0 Å². The molecular formula is C14H21FN2. The van der Waals surface area contributed by atoms with Gasteiger partial charge in [-0.25, -0.2) is 4.39 Å². The highest BCUT2D eigenvalue weighted by Gasteiger charge is 2.49. The van der Waals surface area contributed by atoms with E-state index in [0.717, 1.165) is 0 Å². The zero-order valence-corrected chi connectivity index (χ0v) is 10.8. The Balaban J connectivity index is 2.36. The maximum atomic E-state index is 13.3. The summed E-state index contributed by atoms with van der Waals surface area (Å²) in [6.45, 7) is 2.51. The van der Waals surface area contributed by atoms with E-state index in [0.29, 0.717) is 18.2 Å². The second-order valence-corrected chi connectivity index (χ2v) is 5.44. The second-order valence-electron chi connectivity index (χ2n) is 5.44. The van der Waals surface area contributed by atoms with E-state index in [2.05, 4.69) is 19.0 Å². The molecule has 2 rings (SSSR count). The standard InChI is InChI=1S/C14H21FN2/c1-10-8-11(4-5-12(10)15)13(17(2)3)14(9-16)6-7-14/h4-5,8,13H,6-7,9,16H2,1-3H3. The van der Waals surface area contributed by atoms with Crippen molar-refractivity contribution in [3.63, 3.8) is 0 Å². The van der Waals surface area contributed by atoms with Gasteiger partial charge in [0.15, 0.2) is 0 Å². The Bertz CT molecular complexity index is 411. The van der Waals surface area contributed by atoms with Crippen molar-refractivity contribution in [1.29, 1.82) is 0 Å². The molecule has 0 amide bonds. The summed E-state index contributed by atoms with van der Waals surface area (Å²) in [5, 5.41) is 0. The first kappa shape index (κ1) is 12.5. The van der Waals surface area contributed by atoms with Crippen molar-refractivity contribution < 1.29 is 4.39 Å². The van der Waals surface area contributed by atoms with Crippen molar-refractivity contribution in [1.82, 2.24) is 4.90 Å². The van der Waals surface area contributed by atoms with Gasteiger partial charge in [0.05, 0.1) is 0 Å². The molecule has 2 N–H and O–H groups in total. The van der Waals surface area contributed by atoms with Gasteiger partial charge in [-0.15, -0.1) is 0 Å². The summed E-state index contributed by atoms with van der Waals surface area (Å²) in [4.78, 5) is 2.20. The molecule has 3 heteroatoms. The number of halogens is 1. The van der Waals surface area contributed by atoms with E-state index in [-0.39, 0.29) is 11.2 Å². The third-order valence-corrected chi connectivity index (χ3v) is 3.89. The van der Waals surface area contributed by atoms with Crippen LogP contribution in [0.25, 0.3) is 0 Å². The quantitative estimate of drug-likeness (QED) is 0.870. The van der Waals surface area contributed by atoms with Gasteiger partial charge in [-0.05, 0) is 57.6 Å². The highest BCUT2D eigenvalue weighted by Crippen LogP contribution is 2.56. The predicted molar refractivity (Wildman–Crippen MR) is 68.3 cm³/mol. The topological polar surface area (TPSA) is 29.3 Å². The molecular weight excluding hydrogens is 215 g/mol. The molecule has 1 saturated carbocycles. The highest BCUT2D eigenvalue weighted by molar-refractivity contribution is 5.29. The van der Waals surface area contributed by atoms with E-state index >= 15 is 0 Å². The summed E-state index contributed by atoms with van der Waals surface area (Å²) in [7, 11) is 4.14. The molecule has 94 valence electrons. The number of benzene rings is 1. The molecule has 1 aliphatic carbocycles. The number of nitrogens with two attached hydrogens (primary N) is 1. The van der Waals surface area contributed by atoms with Crippen LogP contribution >= 0.6 is 0 Å². The Morgan fingerprint density at radius 3 is 2.47 bits per heavy atom. The van der Waals surface area contributed by atoms with Gasteiger partial charge < -0.3 is 10.6 Å². The predicted octanol–water partition coefficient (Wildman–Crippen LogP) is 2.48. The van der Waals surface area contributed by atoms with Gasteiger partial charge in [0.1, 0.15) is 5.82 Å². The van der Waals surface area contributed by atoms with Gasteiger partial charge in [0, 0.05) is 11.5 Å². The van der Waals surface area contributed by atoms with E-state index in [1.807, 2.05) is 19.1 Å². The molecule has 0 aliphatic heterocycles. The van der Waals surface area contributed by atoms with Crippen LogP contribution in [0.15, 0.2) is 18.2 Å². The number of nitrogens with zero attached hydrogens (tertiary/aromatic N) is 1. The van der Waals surface area contributed by atoms with E-state index in [1.165, 1.54) is 18.4 Å². The molecule has 1 unspecified atom stereocenters. The Hall–Kier alpha value is -0.930. The van der Waals surface area contributed by atoms with Gasteiger partial charge in [0.2, 0.25) is 0 Å². The van der Waals surface area contributed by atoms with Crippen LogP contribution in [0.1, 0.15) is 30.0 Å². The smallest absolute Gasteiger partial charge is 0.126 e. The average molecular weight is 236 g/mol. The Labute approximate surface area is 103 Å². The summed E-state index contributed by atoms with van der Waals surface area (Å²) < 4.78 is 13.3. The molecule has 0 radical (unpaired) electrons. The molecule has 0 aromatic heterocycles. The molecule has 0 heterocycles. The van der Waals surface area contributed by atoms with E-state index in [1.54, 1.807) is 6.07 Å². The molecule has 1 fully saturated rings. The van der Waals surface area contributed by atoms with Crippen LogP contribution in [0.4, 0.5) is 4.39 Å². The fourth-order valence-corrected chi connectivity index (χ4v) is 2.79. The lowest BCUT2D eigenvalue weighted by Gasteiger charge is -2.32. The van der Waals surface area contributed by atoms with Crippen molar-refractivity contribution in [2.45, 2.75) is 25.8 Å². The molecule has 0 saturated heterocycles. The SMILES string of the molecule is Cc1cc(C(N(C)C)C2(CN)CC2)ccc1F. The van der Waals surface area contributed by atoms with Crippen molar-refractivity contribution in [2.24, 2.45) is 11.1 Å². The Morgan fingerprint density at radius 2 is 2.06 bits per heavy atom. The van der Waals surface area contributed by atoms with Crippen LogP contribution in [0.3, 0.4) is 0 Å². The average Bonchev–Trinajstić information content (AvgIpc) is 3.04. The molecule has 1 aromatic carbocycles. The number of aryl methyl sites for hydroxylation is 1. The third-order valence-electron chi connectivity index (χ3n) is 3.89. The van der Waals surface area contributed by atoms with Gasteiger partial charge in [-0.3, -0.25) is 0 Å². The van der Waals surface area contributed by atoms with Crippen molar-refractivity contribution in [2.75, 3.05) is 20.6 Å². The Morgan fingerprint density at radius 1 is 1.41 bits per heavy atom. The van der Waals surface area contributed by atoms with E-state index in [4.69, 9.17) is 5.73 Å². The summed E-state index contributed by atoms with van der Waals surface area (Å²) in [5.74, 6) is -0.135. The normalized spacial score (nSPS) is 19.4. The number of hydrogen-bond acceptors (Lipinski definition) is 2. The Kier molecular flexibility index (Phi) is 3.23. The molecule has 1 atom stereocenters.